The lowest BCUT2D eigenvalue weighted by Crippen LogP contribution is -2.32. The first-order chi connectivity index (χ1) is 8.25. The van der Waals surface area contributed by atoms with Crippen LogP contribution in [0.25, 0.3) is 5.57 Å². The van der Waals surface area contributed by atoms with Crippen molar-refractivity contribution in [2.45, 2.75) is 31.3 Å². The van der Waals surface area contributed by atoms with Gasteiger partial charge in [0.05, 0.1) is 11.7 Å². The fourth-order valence-corrected chi connectivity index (χ4v) is 2.95. The molecular weight excluding hydrogens is 210 g/mol. The lowest BCUT2D eigenvalue weighted by atomic mass is 9.74. The van der Waals surface area contributed by atoms with Crippen molar-refractivity contribution in [1.29, 1.82) is 5.26 Å². The van der Waals surface area contributed by atoms with Crippen LogP contribution < -0.4 is 0 Å². The zero-order valence-electron chi connectivity index (χ0n) is 9.69. The van der Waals surface area contributed by atoms with Crippen LogP contribution in [0.2, 0.25) is 0 Å². The van der Waals surface area contributed by atoms with Crippen molar-refractivity contribution in [3.63, 3.8) is 0 Å². The van der Waals surface area contributed by atoms with E-state index in [0.29, 0.717) is 5.92 Å². The van der Waals surface area contributed by atoms with Crippen LogP contribution in [-0.4, -0.2) is 5.11 Å². The number of nitrogens with zero attached hydrogens (tertiary/aromatic N) is 1. The Kier molecular flexibility index (Phi) is 2.31. The van der Waals surface area contributed by atoms with E-state index in [9.17, 15) is 5.11 Å². The molecular formula is C15H15NO. The Morgan fingerprint density at radius 3 is 2.82 bits per heavy atom. The Morgan fingerprint density at radius 1 is 1.35 bits per heavy atom. The fourth-order valence-electron chi connectivity index (χ4n) is 2.95. The summed E-state index contributed by atoms with van der Waals surface area (Å²) in [7, 11) is 0. The van der Waals surface area contributed by atoms with Crippen LogP contribution in [-0.2, 0) is 5.60 Å². The van der Waals surface area contributed by atoms with Crippen molar-refractivity contribution in [1.82, 2.24) is 0 Å². The first-order valence-electron chi connectivity index (χ1n) is 6.16. The van der Waals surface area contributed by atoms with E-state index in [1.807, 2.05) is 24.3 Å². The summed E-state index contributed by atoms with van der Waals surface area (Å²) in [5.41, 5.74) is 2.50. The summed E-state index contributed by atoms with van der Waals surface area (Å²) < 4.78 is 0. The maximum Gasteiger partial charge on any atom is 0.0933 e. The van der Waals surface area contributed by atoms with Gasteiger partial charge in [-0.25, -0.2) is 0 Å². The molecule has 0 radical (unpaired) electrons. The van der Waals surface area contributed by atoms with Gasteiger partial charge in [-0.3, -0.25) is 0 Å². The lowest BCUT2D eigenvalue weighted by Gasteiger charge is -2.35. The molecule has 0 aromatic heterocycles. The molecule has 1 aromatic rings. The Balaban J connectivity index is 2.14. The molecule has 1 aromatic carbocycles. The molecule has 86 valence electrons. The third kappa shape index (κ3) is 1.59. The summed E-state index contributed by atoms with van der Waals surface area (Å²) in [6.07, 6.45) is 5.43. The van der Waals surface area contributed by atoms with Crippen molar-refractivity contribution in [3.8, 4) is 6.07 Å². The van der Waals surface area contributed by atoms with Crippen LogP contribution in [0.3, 0.4) is 0 Å². The van der Waals surface area contributed by atoms with E-state index in [2.05, 4.69) is 6.07 Å². The van der Waals surface area contributed by atoms with Gasteiger partial charge in [0.1, 0.15) is 0 Å². The highest BCUT2D eigenvalue weighted by Gasteiger charge is 2.47. The van der Waals surface area contributed by atoms with Gasteiger partial charge in [0.25, 0.3) is 0 Å². The minimum atomic E-state index is -0.649. The zero-order chi connectivity index (χ0) is 11.9. The Morgan fingerprint density at radius 2 is 2.12 bits per heavy atom. The van der Waals surface area contributed by atoms with E-state index >= 15 is 0 Å². The van der Waals surface area contributed by atoms with Crippen LogP contribution in [0.15, 0.2) is 30.3 Å². The quantitative estimate of drug-likeness (QED) is 0.747. The number of rotatable bonds is 1. The van der Waals surface area contributed by atoms with Gasteiger partial charge >= 0.3 is 0 Å². The molecule has 17 heavy (non-hydrogen) atoms. The second-order valence-corrected chi connectivity index (χ2v) is 5.04. The molecule has 0 aliphatic heterocycles. The summed E-state index contributed by atoms with van der Waals surface area (Å²) in [4.78, 5) is 0. The molecule has 1 N–H and O–H groups in total. The molecule has 2 heteroatoms. The molecule has 0 saturated heterocycles. The van der Waals surface area contributed by atoms with Crippen LogP contribution in [0.1, 0.15) is 36.8 Å². The summed E-state index contributed by atoms with van der Waals surface area (Å²) in [5.74, 6) is 0.423. The maximum atomic E-state index is 10.8. The number of fused-ring (bicyclic) bond motifs is 1. The summed E-state index contributed by atoms with van der Waals surface area (Å²) >= 11 is 0. The Hall–Kier alpha value is -1.59. The van der Waals surface area contributed by atoms with Crippen LogP contribution in [0, 0.1) is 17.2 Å². The van der Waals surface area contributed by atoms with Gasteiger partial charge in [-0.1, -0.05) is 24.3 Å². The van der Waals surface area contributed by atoms with Crippen molar-refractivity contribution < 1.29 is 5.11 Å². The lowest BCUT2D eigenvalue weighted by molar-refractivity contribution is 0.00247. The predicted octanol–water partition coefficient (Wildman–Crippen LogP) is 2.98. The molecule has 1 atom stereocenters. The van der Waals surface area contributed by atoms with E-state index in [1.165, 1.54) is 0 Å². The number of hydrogen-bond donors (Lipinski definition) is 1. The average Bonchev–Trinajstić information content (AvgIpc) is 3.18. The van der Waals surface area contributed by atoms with Crippen molar-refractivity contribution in [2.24, 2.45) is 5.92 Å². The molecule has 1 saturated carbocycles. The van der Waals surface area contributed by atoms with Crippen LogP contribution in [0.4, 0.5) is 0 Å². The van der Waals surface area contributed by atoms with Crippen molar-refractivity contribution in [2.75, 3.05) is 0 Å². The second kappa shape index (κ2) is 3.72. The first-order valence-corrected chi connectivity index (χ1v) is 6.16. The molecule has 2 aliphatic carbocycles. The van der Waals surface area contributed by atoms with Gasteiger partial charge in [0.2, 0.25) is 0 Å². The molecule has 0 spiro atoms. The largest absolute Gasteiger partial charge is 0.385 e. The third-order valence-corrected chi connectivity index (χ3v) is 4.01. The third-order valence-electron chi connectivity index (χ3n) is 4.01. The highest BCUT2D eigenvalue weighted by Crippen LogP contribution is 2.53. The SMILES string of the molecule is N#C/C=C1/CCC(O)(C2CC2)c2ccccc21. The predicted molar refractivity (Wildman–Crippen MR) is 65.9 cm³/mol. The number of hydrogen-bond acceptors (Lipinski definition) is 2. The number of allylic oxidation sites excluding steroid dienone is 2. The van der Waals surface area contributed by atoms with Gasteiger partial charge in [-0.05, 0) is 48.3 Å². The molecule has 0 amide bonds. The van der Waals surface area contributed by atoms with E-state index in [0.717, 1.165) is 42.4 Å². The van der Waals surface area contributed by atoms with Crippen LogP contribution >= 0.6 is 0 Å². The summed E-state index contributed by atoms with van der Waals surface area (Å²) in [6.45, 7) is 0. The summed E-state index contributed by atoms with van der Waals surface area (Å²) in [5, 5.41) is 19.6. The van der Waals surface area contributed by atoms with E-state index in [4.69, 9.17) is 5.26 Å². The van der Waals surface area contributed by atoms with Gasteiger partial charge in [-0.15, -0.1) is 0 Å². The molecule has 0 bridgehead atoms. The minimum absolute atomic E-state index is 0.423. The van der Waals surface area contributed by atoms with Gasteiger partial charge in [0.15, 0.2) is 0 Å². The fraction of sp³-hybridized carbons (Fsp3) is 0.400. The topological polar surface area (TPSA) is 44.0 Å². The van der Waals surface area contributed by atoms with E-state index in [1.54, 1.807) is 6.08 Å². The van der Waals surface area contributed by atoms with Crippen molar-refractivity contribution in [3.05, 3.63) is 41.5 Å². The standard InChI is InChI=1S/C15H15NO/c16-10-8-11-7-9-15(17,12-5-6-12)14-4-2-1-3-13(11)14/h1-4,8,12,17H,5-7,9H2/b11-8-. The minimum Gasteiger partial charge on any atom is -0.385 e. The van der Waals surface area contributed by atoms with Gasteiger partial charge in [-0.2, -0.15) is 5.26 Å². The van der Waals surface area contributed by atoms with Crippen molar-refractivity contribution >= 4 is 5.57 Å². The smallest absolute Gasteiger partial charge is 0.0933 e. The average molecular weight is 225 g/mol. The van der Waals surface area contributed by atoms with E-state index < -0.39 is 5.60 Å². The zero-order valence-corrected chi connectivity index (χ0v) is 9.69. The molecule has 3 rings (SSSR count). The number of benzene rings is 1. The first kappa shape index (κ1) is 10.6. The Bertz CT molecular complexity index is 522. The number of nitriles is 1. The van der Waals surface area contributed by atoms with E-state index in [-0.39, 0.29) is 0 Å². The van der Waals surface area contributed by atoms with Crippen LogP contribution in [0.5, 0.6) is 0 Å². The molecule has 2 nitrogen and oxygen atoms in total. The monoisotopic (exact) mass is 225 g/mol. The van der Waals surface area contributed by atoms with Gasteiger partial charge < -0.3 is 5.11 Å². The molecule has 2 aliphatic rings. The maximum absolute atomic E-state index is 10.8. The molecule has 1 unspecified atom stereocenters. The molecule has 1 fully saturated rings. The highest BCUT2D eigenvalue weighted by molar-refractivity contribution is 5.73. The van der Waals surface area contributed by atoms with Gasteiger partial charge in [0, 0.05) is 6.08 Å². The summed E-state index contributed by atoms with van der Waals surface area (Å²) in [6, 6.07) is 10.1. The molecule has 0 heterocycles. The number of aliphatic hydroxyl groups is 1. The second-order valence-electron chi connectivity index (χ2n) is 5.04. The Labute approximate surface area is 101 Å². The normalized spacial score (nSPS) is 29.8. The highest BCUT2D eigenvalue weighted by atomic mass is 16.3.